The Morgan fingerprint density at radius 3 is 2.58 bits per heavy atom. The van der Waals surface area contributed by atoms with E-state index in [1.807, 2.05) is 42.5 Å². The third-order valence-corrected chi connectivity index (χ3v) is 4.57. The van der Waals surface area contributed by atoms with Crippen molar-refractivity contribution in [2.75, 3.05) is 24.7 Å². The van der Waals surface area contributed by atoms with Gasteiger partial charge in [0.2, 0.25) is 0 Å². The Hall–Kier alpha value is -3.12. The molecule has 1 aliphatic heterocycles. The van der Waals surface area contributed by atoms with Gasteiger partial charge >= 0.3 is 0 Å². The van der Waals surface area contributed by atoms with Crippen LogP contribution in [0, 0.1) is 0 Å². The van der Waals surface area contributed by atoms with Crippen LogP contribution in [0.25, 0.3) is 10.9 Å². The van der Waals surface area contributed by atoms with E-state index in [0.29, 0.717) is 30.6 Å². The average Bonchev–Trinajstić information content (AvgIpc) is 2.66. The summed E-state index contributed by atoms with van der Waals surface area (Å²) in [6.45, 7) is 1.57. The SMILES string of the molecule is O=C1COCCN1c1ccc(Cn2c(=O)cc(O)c3ccccc32)cc1. The van der Waals surface area contributed by atoms with Gasteiger partial charge in [0, 0.05) is 23.7 Å². The van der Waals surface area contributed by atoms with E-state index in [9.17, 15) is 14.7 Å². The van der Waals surface area contributed by atoms with Crippen LogP contribution in [0.1, 0.15) is 5.56 Å². The summed E-state index contributed by atoms with van der Waals surface area (Å²) in [5.41, 5.74) is 2.19. The third-order valence-electron chi connectivity index (χ3n) is 4.57. The fraction of sp³-hybridized carbons (Fsp3) is 0.200. The average molecular weight is 350 g/mol. The molecule has 2 aromatic carbocycles. The third kappa shape index (κ3) is 2.95. The lowest BCUT2D eigenvalue weighted by atomic mass is 10.1. The molecule has 4 rings (SSSR count). The summed E-state index contributed by atoms with van der Waals surface area (Å²) < 4.78 is 6.78. The van der Waals surface area contributed by atoms with Gasteiger partial charge < -0.3 is 19.3 Å². The molecule has 6 heteroatoms. The van der Waals surface area contributed by atoms with Crippen molar-refractivity contribution in [3.05, 3.63) is 70.5 Å². The van der Waals surface area contributed by atoms with Crippen molar-refractivity contribution in [1.82, 2.24) is 4.57 Å². The highest BCUT2D eigenvalue weighted by atomic mass is 16.5. The number of carbonyl (C=O) groups excluding carboxylic acids is 1. The van der Waals surface area contributed by atoms with Crippen molar-refractivity contribution in [3.8, 4) is 5.75 Å². The highest BCUT2D eigenvalue weighted by Crippen LogP contribution is 2.23. The van der Waals surface area contributed by atoms with Crippen molar-refractivity contribution in [2.24, 2.45) is 0 Å². The van der Waals surface area contributed by atoms with Gasteiger partial charge in [-0.3, -0.25) is 9.59 Å². The summed E-state index contributed by atoms with van der Waals surface area (Å²) in [5, 5.41) is 10.6. The molecule has 0 atom stereocenters. The number of benzene rings is 2. The molecule has 2 heterocycles. The number of para-hydroxylation sites is 1. The van der Waals surface area contributed by atoms with Crippen molar-refractivity contribution in [1.29, 1.82) is 0 Å². The van der Waals surface area contributed by atoms with Gasteiger partial charge in [-0.05, 0) is 29.8 Å². The number of hydrogen-bond acceptors (Lipinski definition) is 4. The summed E-state index contributed by atoms with van der Waals surface area (Å²) in [5.74, 6) is -0.0622. The summed E-state index contributed by atoms with van der Waals surface area (Å²) in [7, 11) is 0. The maximum atomic E-state index is 12.4. The lowest BCUT2D eigenvalue weighted by Gasteiger charge is -2.27. The molecule has 0 aliphatic carbocycles. The number of rotatable bonds is 3. The Kier molecular flexibility index (Phi) is 4.18. The number of aromatic hydroxyl groups is 1. The second-order valence-electron chi connectivity index (χ2n) is 6.24. The van der Waals surface area contributed by atoms with Gasteiger partial charge in [0.05, 0.1) is 18.7 Å². The van der Waals surface area contributed by atoms with Gasteiger partial charge in [-0.2, -0.15) is 0 Å². The molecular weight excluding hydrogens is 332 g/mol. The number of ether oxygens (including phenoxy) is 1. The van der Waals surface area contributed by atoms with Crippen LogP contribution >= 0.6 is 0 Å². The zero-order valence-corrected chi connectivity index (χ0v) is 14.1. The smallest absolute Gasteiger partial charge is 0.255 e. The maximum Gasteiger partial charge on any atom is 0.255 e. The van der Waals surface area contributed by atoms with Gasteiger partial charge in [-0.25, -0.2) is 0 Å². The Morgan fingerprint density at radius 1 is 1.04 bits per heavy atom. The van der Waals surface area contributed by atoms with Crippen LogP contribution < -0.4 is 10.5 Å². The van der Waals surface area contributed by atoms with E-state index in [2.05, 4.69) is 0 Å². The Morgan fingerprint density at radius 2 is 1.81 bits per heavy atom. The second kappa shape index (κ2) is 6.65. The summed E-state index contributed by atoms with van der Waals surface area (Å²) in [4.78, 5) is 26.0. The number of anilines is 1. The first-order valence-electron chi connectivity index (χ1n) is 8.42. The van der Waals surface area contributed by atoms with Crippen LogP contribution in [0.3, 0.4) is 0 Å². The molecule has 1 aromatic heterocycles. The number of morpholine rings is 1. The highest BCUT2D eigenvalue weighted by Gasteiger charge is 2.20. The lowest BCUT2D eigenvalue weighted by Crippen LogP contribution is -2.41. The van der Waals surface area contributed by atoms with E-state index >= 15 is 0 Å². The van der Waals surface area contributed by atoms with E-state index in [1.165, 1.54) is 6.07 Å². The first kappa shape index (κ1) is 16.4. The topological polar surface area (TPSA) is 71.8 Å². The quantitative estimate of drug-likeness (QED) is 0.785. The minimum Gasteiger partial charge on any atom is -0.507 e. The van der Waals surface area contributed by atoms with Crippen molar-refractivity contribution < 1.29 is 14.6 Å². The summed E-state index contributed by atoms with van der Waals surface area (Å²) >= 11 is 0. The minimum absolute atomic E-state index is 0.0111. The first-order valence-corrected chi connectivity index (χ1v) is 8.42. The minimum atomic E-state index is -0.256. The molecule has 3 aromatic rings. The standard InChI is InChI=1S/C20H18N2O4/c23-18-11-19(24)22(17-4-2-1-3-16(17)18)12-14-5-7-15(8-6-14)21-9-10-26-13-20(21)25/h1-8,11,23H,9-10,12-13H2. The summed E-state index contributed by atoms with van der Waals surface area (Å²) in [6.07, 6.45) is 0. The van der Waals surface area contributed by atoms with Crippen LogP contribution in [0.15, 0.2) is 59.4 Å². The van der Waals surface area contributed by atoms with E-state index in [-0.39, 0.29) is 23.8 Å². The van der Waals surface area contributed by atoms with Crippen LogP contribution in [0.2, 0.25) is 0 Å². The molecule has 0 bridgehead atoms. The predicted molar refractivity (Wildman–Crippen MR) is 98.6 cm³/mol. The molecule has 0 unspecified atom stereocenters. The van der Waals surface area contributed by atoms with Gasteiger partial charge in [0.25, 0.3) is 11.5 Å². The first-order chi connectivity index (χ1) is 12.6. The molecule has 1 amide bonds. The molecule has 6 nitrogen and oxygen atoms in total. The van der Waals surface area contributed by atoms with E-state index in [0.717, 1.165) is 11.3 Å². The number of carbonyl (C=O) groups is 1. The molecule has 0 radical (unpaired) electrons. The van der Waals surface area contributed by atoms with Crippen LogP contribution in [0.5, 0.6) is 5.75 Å². The maximum absolute atomic E-state index is 12.4. The van der Waals surface area contributed by atoms with Crippen molar-refractivity contribution in [3.63, 3.8) is 0 Å². The molecule has 132 valence electrons. The van der Waals surface area contributed by atoms with Gasteiger partial charge in [-0.15, -0.1) is 0 Å². The number of aromatic nitrogens is 1. The van der Waals surface area contributed by atoms with Gasteiger partial charge in [0.1, 0.15) is 12.4 Å². The Bertz CT molecular complexity index is 1020. The van der Waals surface area contributed by atoms with E-state index in [4.69, 9.17) is 4.74 Å². The molecule has 0 spiro atoms. The number of nitrogens with zero attached hydrogens (tertiary/aromatic N) is 2. The van der Waals surface area contributed by atoms with Crippen molar-refractivity contribution >= 4 is 22.5 Å². The van der Waals surface area contributed by atoms with Gasteiger partial charge in [0.15, 0.2) is 0 Å². The highest BCUT2D eigenvalue weighted by molar-refractivity contribution is 5.94. The monoisotopic (exact) mass is 350 g/mol. The number of fused-ring (bicyclic) bond motifs is 1. The van der Waals surface area contributed by atoms with Crippen LogP contribution in [-0.4, -0.2) is 35.3 Å². The Balaban J connectivity index is 1.65. The zero-order chi connectivity index (χ0) is 18.1. The fourth-order valence-corrected chi connectivity index (χ4v) is 3.23. The van der Waals surface area contributed by atoms with Gasteiger partial charge in [-0.1, -0.05) is 24.3 Å². The fourth-order valence-electron chi connectivity index (χ4n) is 3.23. The Labute approximate surface area is 149 Å². The zero-order valence-electron chi connectivity index (χ0n) is 14.1. The van der Waals surface area contributed by atoms with E-state index in [1.54, 1.807) is 15.5 Å². The lowest BCUT2D eigenvalue weighted by molar-refractivity contribution is -0.125. The molecule has 1 N–H and O–H groups in total. The molecule has 1 aliphatic rings. The van der Waals surface area contributed by atoms with Crippen LogP contribution in [0.4, 0.5) is 5.69 Å². The molecule has 0 saturated carbocycles. The molecular formula is C20H18N2O4. The normalized spacial score (nSPS) is 14.8. The number of amides is 1. The second-order valence-corrected chi connectivity index (χ2v) is 6.24. The largest absolute Gasteiger partial charge is 0.507 e. The number of hydrogen-bond donors (Lipinski definition) is 1. The van der Waals surface area contributed by atoms with Crippen LogP contribution in [-0.2, 0) is 16.1 Å². The number of pyridine rings is 1. The summed E-state index contributed by atoms with van der Waals surface area (Å²) in [6, 6.07) is 16.1. The van der Waals surface area contributed by atoms with Crippen molar-refractivity contribution in [2.45, 2.75) is 6.54 Å². The van der Waals surface area contributed by atoms with E-state index < -0.39 is 0 Å². The molecule has 1 saturated heterocycles. The molecule has 26 heavy (non-hydrogen) atoms. The molecule has 1 fully saturated rings. The predicted octanol–water partition coefficient (Wildman–Crippen LogP) is 2.12.